The molecule has 2 atom stereocenters. The minimum atomic E-state index is -0.699. The van der Waals surface area contributed by atoms with Crippen molar-refractivity contribution < 1.29 is 27.7 Å². The van der Waals surface area contributed by atoms with Crippen LogP contribution < -0.4 is 10.2 Å². The van der Waals surface area contributed by atoms with Crippen molar-refractivity contribution in [2.45, 2.75) is 109 Å². The fraction of sp³-hybridized carbons (Fsp3) is 0.545. The van der Waals surface area contributed by atoms with Gasteiger partial charge in [0.2, 0.25) is 6.23 Å². The lowest BCUT2D eigenvalue weighted by Crippen LogP contribution is -2.41. The predicted octanol–water partition coefficient (Wildman–Crippen LogP) is 6.67. The Balaban J connectivity index is 1.18. The van der Waals surface area contributed by atoms with Gasteiger partial charge in [-0.05, 0) is 104 Å². The van der Waals surface area contributed by atoms with Crippen LogP contribution in [0.15, 0.2) is 46.9 Å². The van der Waals surface area contributed by atoms with Crippen molar-refractivity contribution in [3.05, 3.63) is 69.0 Å². The zero-order chi connectivity index (χ0) is 31.0. The first-order valence-corrected chi connectivity index (χ1v) is 16.6. The lowest BCUT2D eigenvalue weighted by Gasteiger charge is -2.39. The van der Waals surface area contributed by atoms with Crippen LogP contribution in [0.1, 0.15) is 103 Å². The highest BCUT2D eigenvalue weighted by atomic mass is 32.1. The van der Waals surface area contributed by atoms with E-state index in [0.29, 0.717) is 29.1 Å². The summed E-state index contributed by atoms with van der Waals surface area (Å²) in [6, 6.07) is 3.41. The van der Waals surface area contributed by atoms with Gasteiger partial charge in [0.05, 0.1) is 38.7 Å². The van der Waals surface area contributed by atoms with Crippen molar-refractivity contribution >= 4 is 36.7 Å². The van der Waals surface area contributed by atoms with Gasteiger partial charge in [-0.25, -0.2) is 9.37 Å². The Bertz CT molecular complexity index is 1630. The molecule has 1 aromatic heterocycles. The monoisotopic (exact) mass is 616 g/mol. The molecule has 11 heteroatoms. The Morgan fingerprint density at radius 1 is 0.886 bits per heavy atom. The van der Waals surface area contributed by atoms with Crippen molar-refractivity contribution in [3.63, 3.8) is 0 Å². The highest BCUT2D eigenvalue weighted by Crippen LogP contribution is 2.54. The molecule has 8 rings (SSSR count). The van der Waals surface area contributed by atoms with E-state index in [1.165, 1.54) is 18.9 Å². The van der Waals surface area contributed by atoms with Gasteiger partial charge in [0.1, 0.15) is 17.3 Å². The summed E-state index contributed by atoms with van der Waals surface area (Å²) < 4.78 is 48.3. The summed E-state index contributed by atoms with van der Waals surface area (Å²) in [5.41, 5.74) is 2.91. The molecule has 4 aliphatic heterocycles. The maximum atomic E-state index is 16.3. The van der Waals surface area contributed by atoms with Gasteiger partial charge in [0, 0.05) is 22.9 Å². The number of rotatable bonds is 4. The Hall–Kier alpha value is -2.43. The number of thiazole rings is 1. The van der Waals surface area contributed by atoms with Crippen molar-refractivity contribution in [2.75, 3.05) is 0 Å². The Kier molecular flexibility index (Phi) is 6.14. The van der Waals surface area contributed by atoms with E-state index in [-0.39, 0.29) is 11.7 Å². The third-order valence-corrected chi connectivity index (χ3v) is 11.8. The first-order valence-electron chi connectivity index (χ1n) is 15.7. The molecule has 3 fully saturated rings. The molecule has 1 aromatic carbocycles. The molecule has 0 N–H and O–H groups in total. The van der Waals surface area contributed by atoms with Gasteiger partial charge >= 0.3 is 14.2 Å². The Morgan fingerprint density at radius 3 is 2.16 bits per heavy atom. The summed E-state index contributed by atoms with van der Waals surface area (Å²) in [7, 11) is -1.12. The van der Waals surface area contributed by atoms with Crippen LogP contribution in [0.3, 0.4) is 0 Å². The SMILES string of the molecule is CC1(C)OB(C2=CC=C3C(C=C4c5c(F)cc(B6OC(C)(C)C(C)(C)O6)cc5OC(c5csc(C6CC6)n5)N43)C2)OC1(C)C. The van der Waals surface area contributed by atoms with E-state index in [4.69, 9.17) is 28.3 Å². The molecule has 2 saturated heterocycles. The van der Waals surface area contributed by atoms with E-state index >= 15 is 4.39 Å². The van der Waals surface area contributed by atoms with Gasteiger partial charge in [-0.15, -0.1) is 11.3 Å². The smallest absolute Gasteiger partial charge is 0.463 e. The van der Waals surface area contributed by atoms with Crippen LogP contribution in [0, 0.1) is 11.7 Å². The molecule has 7 nitrogen and oxygen atoms in total. The summed E-state index contributed by atoms with van der Waals surface area (Å²) in [6.45, 7) is 16.3. The normalized spacial score (nSPS) is 29.0. The maximum Gasteiger partial charge on any atom is 0.495 e. The van der Waals surface area contributed by atoms with Crippen LogP contribution in [0.5, 0.6) is 5.75 Å². The third kappa shape index (κ3) is 4.33. The van der Waals surface area contributed by atoms with Gasteiger partial charge in [0.25, 0.3) is 0 Å². The predicted molar refractivity (Wildman–Crippen MR) is 170 cm³/mol. The first-order chi connectivity index (χ1) is 20.6. The molecule has 230 valence electrons. The van der Waals surface area contributed by atoms with E-state index in [9.17, 15) is 0 Å². The van der Waals surface area contributed by atoms with Crippen molar-refractivity contribution in [1.29, 1.82) is 0 Å². The summed E-state index contributed by atoms with van der Waals surface area (Å²) in [4.78, 5) is 7.17. The first kappa shape index (κ1) is 29.0. The molecule has 2 unspecified atom stereocenters. The summed E-state index contributed by atoms with van der Waals surface area (Å²) >= 11 is 1.69. The largest absolute Gasteiger partial charge is 0.495 e. The summed E-state index contributed by atoms with van der Waals surface area (Å²) in [5, 5.41) is 3.24. The van der Waals surface area contributed by atoms with Crippen molar-refractivity contribution in [1.82, 2.24) is 9.88 Å². The maximum absolute atomic E-state index is 16.3. The molecule has 5 heterocycles. The summed E-state index contributed by atoms with van der Waals surface area (Å²) in [5.74, 6) is 0.668. The molecule has 44 heavy (non-hydrogen) atoms. The van der Waals surface area contributed by atoms with E-state index in [2.05, 4.69) is 56.2 Å². The summed E-state index contributed by atoms with van der Waals surface area (Å²) in [6.07, 6.45) is 8.94. The quantitative estimate of drug-likeness (QED) is 0.356. The number of aromatic nitrogens is 1. The zero-order valence-electron chi connectivity index (χ0n) is 26.7. The molecule has 2 aromatic rings. The molecule has 2 aliphatic carbocycles. The van der Waals surface area contributed by atoms with Gasteiger partial charge < -0.3 is 28.3 Å². The molecule has 1 saturated carbocycles. The van der Waals surface area contributed by atoms with E-state index < -0.39 is 42.9 Å². The fourth-order valence-electron chi connectivity index (χ4n) is 6.55. The standard InChI is InChI=1S/C33H39B2FN2O5S/c1-30(2)31(3,4)41-34(40-30)20-11-12-24-19(13-20)14-25-27-22(36)15-21(35-42-32(5,6)33(7,8)43-35)16-26(27)39-29(38(24)25)23-17-44-28(37-23)18-9-10-18/h11-12,14-19,29H,9-10,13H2,1-8H3. The number of ether oxygens (including phenoxy) is 1. The van der Waals surface area contributed by atoms with E-state index in [1.807, 2.05) is 33.8 Å². The van der Waals surface area contributed by atoms with Crippen LogP contribution in [-0.2, 0) is 18.6 Å². The lowest BCUT2D eigenvalue weighted by atomic mass is 9.71. The van der Waals surface area contributed by atoms with Crippen LogP contribution in [0.25, 0.3) is 5.70 Å². The Morgan fingerprint density at radius 2 is 1.52 bits per heavy atom. The number of hydrogen-bond donors (Lipinski definition) is 0. The average molecular weight is 616 g/mol. The highest BCUT2D eigenvalue weighted by Gasteiger charge is 2.55. The van der Waals surface area contributed by atoms with Crippen LogP contribution in [0.2, 0.25) is 0 Å². The molecule has 0 radical (unpaired) electrons. The van der Waals surface area contributed by atoms with Gasteiger partial charge in [-0.3, -0.25) is 0 Å². The topological polar surface area (TPSA) is 62.3 Å². The van der Waals surface area contributed by atoms with Crippen molar-refractivity contribution in [2.24, 2.45) is 5.92 Å². The molecule has 0 bridgehead atoms. The molecular weight excluding hydrogens is 577 g/mol. The van der Waals surface area contributed by atoms with Gasteiger partial charge in [-0.1, -0.05) is 12.2 Å². The number of allylic oxidation sites excluding steroid dienone is 4. The second-order valence-corrected chi connectivity index (χ2v) is 15.9. The lowest BCUT2D eigenvalue weighted by molar-refractivity contribution is 0.00578. The minimum Gasteiger partial charge on any atom is -0.463 e. The molecule has 0 amide bonds. The van der Waals surface area contributed by atoms with Crippen LogP contribution in [0.4, 0.5) is 4.39 Å². The van der Waals surface area contributed by atoms with E-state index in [0.717, 1.165) is 27.6 Å². The zero-order valence-corrected chi connectivity index (χ0v) is 27.5. The highest BCUT2D eigenvalue weighted by molar-refractivity contribution is 7.09. The number of fused-ring (bicyclic) bond motifs is 5. The molecule has 0 spiro atoms. The number of hydrogen-bond acceptors (Lipinski definition) is 8. The van der Waals surface area contributed by atoms with Gasteiger partial charge in [0.15, 0.2) is 0 Å². The van der Waals surface area contributed by atoms with E-state index in [1.54, 1.807) is 11.3 Å². The third-order valence-electron chi connectivity index (χ3n) is 10.8. The molecule has 6 aliphatic rings. The van der Waals surface area contributed by atoms with Crippen molar-refractivity contribution in [3.8, 4) is 5.75 Å². The average Bonchev–Trinajstić information content (AvgIpc) is 3.36. The number of halogens is 1. The van der Waals surface area contributed by atoms with Gasteiger partial charge in [-0.2, -0.15) is 0 Å². The second kappa shape index (κ2) is 9.32. The Labute approximate surface area is 263 Å². The number of benzene rings is 1. The fourth-order valence-corrected chi connectivity index (χ4v) is 7.54. The second-order valence-electron chi connectivity index (χ2n) is 15.0. The van der Waals surface area contributed by atoms with Crippen LogP contribution in [-0.4, -0.2) is 46.5 Å². The van der Waals surface area contributed by atoms with Crippen LogP contribution >= 0.6 is 11.3 Å². The minimum absolute atomic E-state index is 0.0183. The molecular formula is C33H39B2FN2O5S. The number of nitrogens with zero attached hydrogens (tertiary/aromatic N) is 2.